The van der Waals surface area contributed by atoms with Gasteiger partial charge < -0.3 is 9.64 Å². The first-order chi connectivity index (χ1) is 9.09. The zero-order valence-electron chi connectivity index (χ0n) is 11.8. The summed E-state index contributed by atoms with van der Waals surface area (Å²) in [5.74, 6) is -0.646. The number of ether oxygens (including phenoxy) is 1. The second-order valence-electron chi connectivity index (χ2n) is 5.06. The highest BCUT2D eigenvalue weighted by atomic mass is 16.5. The van der Waals surface area contributed by atoms with Gasteiger partial charge in [-0.05, 0) is 19.3 Å². The van der Waals surface area contributed by atoms with E-state index >= 15 is 0 Å². The molecule has 5 heteroatoms. The maximum atomic E-state index is 12.6. The van der Waals surface area contributed by atoms with Gasteiger partial charge in [0.25, 0.3) is 0 Å². The normalized spacial score (nSPS) is 17.3. The maximum Gasteiger partial charge on any atom is 0.325 e. The molecule has 19 heavy (non-hydrogen) atoms. The van der Waals surface area contributed by atoms with Gasteiger partial charge in [0.05, 0.1) is 13.2 Å². The largest absolute Gasteiger partial charge is 0.468 e. The van der Waals surface area contributed by atoms with Crippen molar-refractivity contribution in [3.8, 4) is 6.07 Å². The number of carbonyl (C=O) groups excluding carboxylic acids is 2. The third-order valence-electron chi connectivity index (χ3n) is 3.66. The molecule has 0 saturated heterocycles. The molecule has 1 aliphatic carbocycles. The van der Waals surface area contributed by atoms with E-state index in [9.17, 15) is 14.9 Å². The van der Waals surface area contributed by atoms with Gasteiger partial charge in [-0.25, -0.2) is 0 Å². The van der Waals surface area contributed by atoms with Crippen LogP contribution in [0.5, 0.6) is 0 Å². The second-order valence-corrected chi connectivity index (χ2v) is 5.06. The highest BCUT2D eigenvalue weighted by molar-refractivity contribution is 5.88. The zero-order chi connectivity index (χ0) is 14.3. The van der Waals surface area contributed by atoms with Crippen molar-refractivity contribution in [1.82, 2.24) is 4.90 Å². The number of amides is 1. The van der Waals surface area contributed by atoms with E-state index in [0.29, 0.717) is 19.4 Å². The van der Waals surface area contributed by atoms with Crippen LogP contribution in [0.15, 0.2) is 0 Å². The summed E-state index contributed by atoms with van der Waals surface area (Å²) in [7, 11) is 1.30. The molecule has 0 aromatic carbocycles. The molecule has 1 fully saturated rings. The Morgan fingerprint density at radius 2 is 1.95 bits per heavy atom. The van der Waals surface area contributed by atoms with Crippen molar-refractivity contribution in [2.75, 3.05) is 20.2 Å². The number of hydrogen-bond acceptors (Lipinski definition) is 4. The minimum Gasteiger partial charge on any atom is -0.468 e. The Labute approximate surface area is 114 Å². The standard InChI is InChI=1S/C14H22N2O3/c1-3-9-16(10-12(17)19-2)13(18)14(11-15)7-5-4-6-8-14/h3-10H2,1-2H3. The molecule has 0 aromatic heterocycles. The third kappa shape index (κ3) is 3.69. The molecule has 0 bridgehead atoms. The lowest BCUT2D eigenvalue weighted by Crippen LogP contribution is -2.47. The van der Waals surface area contributed by atoms with Gasteiger partial charge in [0.1, 0.15) is 12.0 Å². The Bertz CT molecular complexity index is 367. The van der Waals surface area contributed by atoms with Crippen LogP contribution in [0.1, 0.15) is 45.4 Å². The molecule has 5 nitrogen and oxygen atoms in total. The molecule has 1 aliphatic rings. The fraction of sp³-hybridized carbons (Fsp3) is 0.786. The van der Waals surface area contributed by atoms with Crippen LogP contribution in [0.25, 0.3) is 0 Å². The highest BCUT2D eigenvalue weighted by Gasteiger charge is 2.42. The molecule has 0 N–H and O–H groups in total. The molecule has 0 spiro atoms. The maximum absolute atomic E-state index is 12.6. The van der Waals surface area contributed by atoms with E-state index in [0.717, 1.165) is 25.7 Å². The molecular formula is C14H22N2O3. The topological polar surface area (TPSA) is 70.4 Å². The van der Waals surface area contributed by atoms with Crippen molar-refractivity contribution in [3.05, 3.63) is 0 Å². The number of methoxy groups -OCH3 is 1. The molecule has 0 aliphatic heterocycles. The summed E-state index contributed by atoms with van der Waals surface area (Å²) in [5.41, 5.74) is -0.929. The summed E-state index contributed by atoms with van der Waals surface area (Å²) < 4.78 is 4.62. The van der Waals surface area contributed by atoms with E-state index in [-0.39, 0.29) is 12.5 Å². The van der Waals surface area contributed by atoms with Gasteiger partial charge in [-0.3, -0.25) is 9.59 Å². The molecule has 1 amide bonds. The average molecular weight is 266 g/mol. The average Bonchev–Trinajstić information content (AvgIpc) is 2.46. The lowest BCUT2D eigenvalue weighted by Gasteiger charge is -2.34. The van der Waals surface area contributed by atoms with Gasteiger partial charge >= 0.3 is 5.97 Å². The monoisotopic (exact) mass is 266 g/mol. The molecular weight excluding hydrogens is 244 g/mol. The summed E-state index contributed by atoms with van der Waals surface area (Å²) in [6.45, 7) is 2.36. The molecule has 106 valence electrons. The zero-order valence-corrected chi connectivity index (χ0v) is 11.8. The van der Waals surface area contributed by atoms with Crippen LogP contribution in [0.4, 0.5) is 0 Å². The number of esters is 1. The predicted molar refractivity (Wildman–Crippen MR) is 70.0 cm³/mol. The van der Waals surface area contributed by atoms with E-state index in [1.165, 1.54) is 12.0 Å². The summed E-state index contributed by atoms with van der Waals surface area (Å²) in [6, 6.07) is 2.20. The van der Waals surface area contributed by atoms with Crippen molar-refractivity contribution in [2.45, 2.75) is 45.4 Å². The minimum absolute atomic E-state index is 0.0629. The fourth-order valence-corrected chi connectivity index (χ4v) is 2.57. The van der Waals surface area contributed by atoms with Gasteiger partial charge in [-0.15, -0.1) is 0 Å². The van der Waals surface area contributed by atoms with Crippen molar-refractivity contribution >= 4 is 11.9 Å². The Balaban J connectivity index is 2.84. The molecule has 0 heterocycles. The summed E-state index contributed by atoms with van der Waals surface area (Å²) in [5, 5.41) is 9.41. The van der Waals surface area contributed by atoms with Gasteiger partial charge in [0.15, 0.2) is 0 Å². The molecule has 0 radical (unpaired) electrons. The van der Waals surface area contributed by atoms with Gasteiger partial charge in [-0.1, -0.05) is 26.2 Å². The Kier molecular flexibility index (Phi) is 5.81. The number of nitriles is 1. The van der Waals surface area contributed by atoms with Gasteiger partial charge in [0, 0.05) is 6.54 Å². The Morgan fingerprint density at radius 1 is 1.32 bits per heavy atom. The van der Waals surface area contributed by atoms with Crippen molar-refractivity contribution in [3.63, 3.8) is 0 Å². The van der Waals surface area contributed by atoms with Gasteiger partial charge in [-0.2, -0.15) is 5.26 Å². The van der Waals surface area contributed by atoms with Crippen LogP contribution in [0.2, 0.25) is 0 Å². The van der Waals surface area contributed by atoms with E-state index in [1.54, 1.807) is 0 Å². The minimum atomic E-state index is -0.929. The second kappa shape index (κ2) is 7.13. The van der Waals surface area contributed by atoms with Crippen LogP contribution in [-0.4, -0.2) is 37.0 Å². The van der Waals surface area contributed by atoms with Crippen LogP contribution in [0.3, 0.4) is 0 Å². The number of hydrogen-bond donors (Lipinski definition) is 0. The molecule has 1 rings (SSSR count). The highest BCUT2D eigenvalue weighted by Crippen LogP contribution is 2.37. The smallest absolute Gasteiger partial charge is 0.325 e. The summed E-state index contributed by atoms with van der Waals surface area (Å²) >= 11 is 0. The summed E-state index contributed by atoms with van der Waals surface area (Å²) in [6.07, 6.45) is 4.83. The first-order valence-electron chi connectivity index (χ1n) is 6.87. The molecule has 0 unspecified atom stereocenters. The lowest BCUT2D eigenvalue weighted by atomic mass is 9.74. The SMILES string of the molecule is CCCN(CC(=O)OC)C(=O)C1(C#N)CCCCC1. The third-order valence-corrected chi connectivity index (χ3v) is 3.66. The number of nitrogens with zero attached hydrogens (tertiary/aromatic N) is 2. The predicted octanol–water partition coefficient (Wildman–Crippen LogP) is 1.87. The number of rotatable bonds is 5. The Morgan fingerprint density at radius 3 is 2.42 bits per heavy atom. The Hall–Kier alpha value is -1.57. The van der Waals surface area contributed by atoms with Crippen LogP contribution < -0.4 is 0 Å². The molecule has 0 aromatic rings. The van der Waals surface area contributed by atoms with E-state index in [1.807, 2.05) is 6.92 Å². The van der Waals surface area contributed by atoms with E-state index < -0.39 is 11.4 Å². The van der Waals surface area contributed by atoms with E-state index in [4.69, 9.17) is 0 Å². The van der Waals surface area contributed by atoms with Crippen LogP contribution in [-0.2, 0) is 14.3 Å². The van der Waals surface area contributed by atoms with E-state index in [2.05, 4.69) is 10.8 Å². The van der Waals surface area contributed by atoms with Crippen LogP contribution in [0, 0.1) is 16.7 Å². The molecule has 0 atom stereocenters. The first-order valence-corrected chi connectivity index (χ1v) is 6.87. The summed E-state index contributed by atoms with van der Waals surface area (Å²) in [4.78, 5) is 25.4. The van der Waals surface area contributed by atoms with Crippen LogP contribution >= 0.6 is 0 Å². The number of carbonyl (C=O) groups is 2. The van der Waals surface area contributed by atoms with Crippen molar-refractivity contribution in [1.29, 1.82) is 5.26 Å². The molecule has 1 saturated carbocycles. The quantitative estimate of drug-likeness (QED) is 0.712. The van der Waals surface area contributed by atoms with Gasteiger partial charge in [0.2, 0.25) is 5.91 Å². The fourth-order valence-electron chi connectivity index (χ4n) is 2.57. The van der Waals surface area contributed by atoms with Crippen molar-refractivity contribution in [2.24, 2.45) is 5.41 Å². The first kappa shape index (κ1) is 15.5. The lowest BCUT2D eigenvalue weighted by molar-refractivity contribution is -0.150. The van der Waals surface area contributed by atoms with Crippen molar-refractivity contribution < 1.29 is 14.3 Å².